The first-order valence-electron chi connectivity index (χ1n) is 8.98. The van der Waals surface area contributed by atoms with E-state index in [2.05, 4.69) is 13.8 Å². The zero-order valence-corrected chi connectivity index (χ0v) is 13.2. The summed E-state index contributed by atoms with van der Waals surface area (Å²) < 4.78 is 6.48. The van der Waals surface area contributed by atoms with Crippen molar-refractivity contribution in [1.82, 2.24) is 0 Å². The number of ether oxygens (including phenoxy) is 1. The molecule has 0 bridgehead atoms. The van der Waals surface area contributed by atoms with Crippen molar-refractivity contribution in [2.75, 3.05) is 0 Å². The van der Waals surface area contributed by atoms with Crippen LogP contribution in [0.1, 0.15) is 90.9 Å². The van der Waals surface area contributed by atoms with Gasteiger partial charge in [-0.25, -0.2) is 0 Å². The summed E-state index contributed by atoms with van der Waals surface area (Å²) in [6, 6.07) is 0. The zero-order chi connectivity index (χ0) is 13.5. The van der Waals surface area contributed by atoms with Crippen LogP contribution in [0.3, 0.4) is 0 Å². The molecular weight excluding hydrogens is 232 g/mol. The molecule has 0 N–H and O–H groups in total. The fourth-order valence-corrected chi connectivity index (χ4v) is 4.25. The fraction of sp³-hybridized carbons (Fsp3) is 1.00. The Balaban J connectivity index is 1.75. The van der Waals surface area contributed by atoms with Gasteiger partial charge in [-0.1, -0.05) is 58.8 Å². The summed E-state index contributed by atoms with van der Waals surface area (Å²) in [5.41, 5.74) is 0. The number of rotatable bonds is 6. The predicted octanol–water partition coefficient (Wildman–Crippen LogP) is 5.72. The highest BCUT2D eigenvalue weighted by molar-refractivity contribution is 4.79. The van der Waals surface area contributed by atoms with Gasteiger partial charge in [-0.15, -0.1) is 0 Å². The molecule has 2 fully saturated rings. The van der Waals surface area contributed by atoms with Crippen molar-refractivity contribution < 1.29 is 4.74 Å². The minimum absolute atomic E-state index is 0.561. The summed E-state index contributed by atoms with van der Waals surface area (Å²) in [6.45, 7) is 4.65. The second kappa shape index (κ2) is 8.29. The van der Waals surface area contributed by atoms with Gasteiger partial charge in [0.25, 0.3) is 0 Å². The minimum Gasteiger partial charge on any atom is -0.375 e. The first kappa shape index (κ1) is 15.4. The molecule has 1 heteroatoms. The van der Waals surface area contributed by atoms with Gasteiger partial charge in [0.1, 0.15) is 0 Å². The van der Waals surface area contributed by atoms with Crippen LogP contribution < -0.4 is 0 Å². The Kier molecular flexibility index (Phi) is 6.70. The lowest BCUT2D eigenvalue weighted by atomic mass is 9.77. The van der Waals surface area contributed by atoms with Crippen LogP contribution >= 0.6 is 0 Å². The maximum Gasteiger partial charge on any atom is 0.0604 e. The monoisotopic (exact) mass is 266 g/mol. The molecule has 1 nitrogen and oxygen atoms in total. The Labute approximate surface area is 120 Å². The molecule has 2 aliphatic rings. The van der Waals surface area contributed by atoms with Gasteiger partial charge in [-0.3, -0.25) is 0 Å². The minimum atomic E-state index is 0.561. The molecule has 0 radical (unpaired) electrons. The third-order valence-electron chi connectivity index (χ3n) is 5.44. The summed E-state index contributed by atoms with van der Waals surface area (Å²) in [5.74, 6) is 1.88. The molecule has 2 aliphatic carbocycles. The van der Waals surface area contributed by atoms with E-state index in [0.717, 1.165) is 11.8 Å². The Morgan fingerprint density at radius 3 is 2.16 bits per heavy atom. The van der Waals surface area contributed by atoms with Gasteiger partial charge < -0.3 is 4.74 Å². The average Bonchev–Trinajstić information content (AvgIpc) is 2.47. The lowest BCUT2D eigenvalue weighted by Gasteiger charge is -2.36. The lowest BCUT2D eigenvalue weighted by molar-refractivity contribution is -0.0682. The molecule has 0 spiro atoms. The SMILES string of the molecule is CCC[C@H]1CC[C@H](C(CC)OC2CCCCC2)CC1. The molecule has 1 unspecified atom stereocenters. The molecule has 2 rings (SSSR count). The van der Waals surface area contributed by atoms with Gasteiger partial charge in [0, 0.05) is 0 Å². The summed E-state index contributed by atoms with van der Waals surface area (Å²) in [7, 11) is 0. The topological polar surface area (TPSA) is 9.23 Å². The van der Waals surface area contributed by atoms with Gasteiger partial charge in [0.2, 0.25) is 0 Å². The van der Waals surface area contributed by atoms with Crippen LogP contribution in [0, 0.1) is 11.8 Å². The normalized spacial score (nSPS) is 31.3. The van der Waals surface area contributed by atoms with Crippen molar-refractivity contribution in [2.45, 2.75) is 103 Å². The van der Waals surface area contributed by atoms with E-state index in [4.69, 9.17) is 4.74 Å². The molecular formula is C18H34O. The molecule has 0 amide bonds. The highest BCUT2D eigenvalue weighted by Crippen LogP contribution is 2.36. The highest BCUT2D eigenvalue weighted by atomic mass is 16.5. The van der Waals surface area contributed by atoms with Crippen LogP contribution in [0.4, 0.5) is 0 Å². The predicted molar refractivity (Wildman–Crippen MR) is 82.4 cm³/mol. The first-order chi connectivity index (χ1) is 9.33. The van der Waals surface area contributed by atoms with E-state index in [9.17, 15) is 0 Å². The fourth-order valence-electron chi connectivity index (χ4n) is 4.25. The number of hydrogen-bond donors (Lipinski definition) is 0. The molecule has 0 aromatic heterocycles. The first-order valence-corrected chi connectivity index (χ1v) is 8.98. The molecule has 2 saturated carbocycles. The van der Waals surface area contributed by atoms with Crippen LogP contribution in [0.25, 0.3) is 0 Å². The van der Waals surface area contributed by atoms with E-state index in [1.807, 2.05) is 0 Å². The smallest absolute Gasteiger partial charge is 0.0604 e. The van der Waals surface area contributed by atoms with Gasteiger partial charge in [-0.05, 0) is 43.9 Å². The molecule has 0 aromatic carbocycles. The summed E-state index contributed by atoms with van der Waals surface area (Å²) >= 11 is 0. The second-order valence-electron chi connectivity index (χ2n) is 6.91. The van der Waals surface area contributed by atoms with E-state index in [-0.39, 0.29) is 0 Å². The van der Waals surface area contributed by atoms with Gasteiger partial charge >= 0.3 is 0 Å². The van der Waals surface area contributed by atoms with Gasteiger partial charge in [-0.2, -0.15) is 0 Å². The van der Waals surface area contributed by atoms with E-state index in [0.29, 0.717) is 12.2 Å². The third kappa shape index (κ3) is 4.77. The van der Waals surface area contributed by atoms with Crippen molar-refractivity contribution in [3.05, 3.63) is 0 Å². The molecule has 0 aromatic rings. The zero-order valence-electron chi connectivity index (χ0n) is 13.2. The molecule has 0 heterocycles. The van der Waals surface area contributed by atoms with E-state index < -0.39 is 0 Å². The maximum absolute atomic E-state index is 6.48. The van der Waals surface area contributed by atoms with Crippen LogP contribution in [0.2, 0.25) is 0 Å². The van der Waals surface area contributed by atoms with Crippen molar-refractivity contribution >= 4 is 0 Å². The van der Waals surface area contributed by atoms with Crippen molar-refractivity contribution in [3.63, 3.8) is 0 Å². The lowest BCUT2D eigenvalue weighted by Crippen LogP contribution is -2.32. The Morgan fingerprint density at radius 2 is 1.58 bits per heavy atom. The van der Waals surface area contributed by atoms with Gasteiger partial charge in [0.05, 0.1) is 12.2 Å². The van der Waals surface area contributed by atoms with Crippen molar-refractivity contribution in [2.24, 2.45) is 11.8 Å². The van der Waals surface area contributed by atoms with Crippen LogP contribution in [0.15, 0.2) is 0 Å². The van der Waals surface area contributed by atoms with E-state index in [1.54, 1.807) is 0 Å². The Bertz CT molecular complexity index is 224. The van der Waals surface area contributed by atoms with E-state index >= 15 is 0 Å². The highest BCUT2D eigenvalue weighted by Gasteiger charge is 2.29. The molecule has 19 heavy (non-hydrogen) atoms. The second-order valence-corrected chi connectivity index (χ2v) is 6.91. The average molecular weight is 266 g/mol. The Hall–Kier alpha value is -0.0400. The maximum atomic E-state index is 6.48. The summed E-state index contributed by atoms with van der Waals surface area (Å²) in [6.07, 6.45) is 17.8. The molecule has 0 saturated heterocycles. The van der Waals surface area contributed by atoms with Crippen molar-refractivity contribution in [1.29, 1.82) is 0 Å². The standard InChI is InChI=1S/C18H34O/c1-3-8-15-11-13-16(14-12-15)18(4-2)19-17-9-6-5-7-10-17/h15-18H,3-14H2,1-2H3/t15-,16-,18?. The van der Waals surface area contributed by atoms with Crippen LogP contribution in [0.5, 0.6) is 0 Å². The largest absolute Gasteiger partial charge is 0.375 e. The van der Waals surface area contributed by atoms with Crippen LogP contribution in [-0.4, -0.2) is 12.2 Å². The molecule has 112 valence electrons. The summed E-state index contributed by atoms with van der Waals surface area (Å²) in [4.78, 5) is 0. The summed E-state index contributed by atoms with van der Waals surface area (Å²) in [5, 5.41) is 0. The third-order valence-corrected chi connectivity index (χ3v) is 5.44. The number of hydrogen-bond acceptors (Lipinski definition) is 1. The molecule has 1 atom stereocenters. The Morgan fingerprint density at radius 1 is 0.895 bits per heavy atom. The molecule has 0 aliphatic heterocycles. The van der Waals surface area contributed by atoms with Crippen molar-refractivity contribution in [3.8, 4) is 0 Å². The quantitative estimate of drug-likeness (QED) is 0.597. The van der Waals surface area contributed by atoms with Gasteiger partial charge in [0.15, 0.2) is 0 Å². The van der Waals surface area contributed by atoms with Crippen LogP contribution in [-0.2, 0) is 4.74 Å². The van der Waals surface area contributed by atoms with E-state index in [1.165, 1.54) is 77.0 Å².